The summed E-state index contributed by atoms with van der Waals surface area (Å²) in [5.74, 6) is 3.29. The van der Waals surface area contributed by atoms with Crippen LogP contribution in [0.15, 0.2) is 85.5 Å². The lowest BCUT2D eigenvalue weighted by molar-refractivity contribution is 0.483. The Hall–Kier alpha value is -4.19. The smallest absolute Gasteiger partial charge is 0.140 e. The molecule has 158 valence electrons. The molecule has 5 rings (SSSR count). The molecule has 0 amide bonds. The molecule has 2 aromatic carbocycles. The molecular weight excluding hydrogens is 398 g/mol. The van der Waals surface area contributed by atoms with E-state index in [1.54, 1.807) is 12.4 Å². The van der Waals surface area contributed by atoms with E-state index in [2.05, 4.69) is 20.6 Å². The summed E-state index contributed by atoms with van der Waals surface area (Å²) in [5, 5.41) is 0. The van der Waals surface area contributed by atoms with Gasteiger partial charge in [0.1, 0.15) is 23.1 Å². The Bertz CT molecular complexity index is 1380. The Morgan fingerprint density at radius 2 is 1.47 bits per heavy atom. The lowest BCUT2D eigenvalue weighted by atomic mass is 10.1. The van der Waals surface area contributed by atoms with E-state index in [0.717, 1.165) is 51.2 Å². The third-order valence-electron chi connectivity index (χ3n) is 5.45. The zero-order valence-corrected chi connectivity index (χ0v) is 18.2. The molecule has 0 aliphatic heterocycles. The highest BCUT2D eigenvalue weighted by molar-refractivity contribution is 5.69. The lowest BCUT2D eigenvalue weighted by Crippen LogP contribution is -1.96. The first kappa shape index (κ1) is 19.8. The fourth-order valence-electron chi connectivity index (χ4n) is 3.98. The highest BCUT2D eigenvalue weighted by Gasteiger charge is 2.15. The maximum Gasteiger partial charge on any atom is 0.140 e. The van der Waals surface area contributed by atoms with Gasteiger partial charge in [-0.3, -0.25) is 4.98 Å². The number of ether oxygens (including phenoxy) is 1. The maximum atomic E-state index is 6.20. The Labute approximate surface area is 186 Å². The summed E-state index contributed by atoms with van der Waals surface area (Å²) in [6.07, 6.45) is 7.36. The first-order chi connectivity index (χ1) is 15.6. The predicted molar refractivity (Wildman–Crippen MR) is 125 cm³/mol. The van der Waals surface area contributed by atoms with Gasteiger partial charge in [0.05, 0.1) is 11.4 Å². The van der Waals surface area contributed by atoms with Crippen molar-refractivity contribution < 1.29 is 4.74 Å². The topological polar surface area (TPSA) is 57.8 Å². The Morgan fingerprint density at radius 3 is 2.09 bits per heavy atom. The van der Waals surface area contributed by atoms with Crippen LogP contribution in [0, 0.1) is 6.92 Å². The van der Waals surface area contributed by atoms with Gasteiger partial charge in [-0.15, -0.1) is 0 Å². The van der Waals surface area contributed by atoms with Crippen molar-refractivity contribution in [2.75, 3.05) is 0 Å². The second-order valence-electron chi connectivity index (χ2n) is 7.69. The largest absolute Gasteiger partial charge is 0.457 e. The van der Waals surface area contributed by atoms with E-state index >= 15 is 0 Å². The molecule has 6 nitrogen and oxygen atoms in total. The molecule has 6 heteroatoms. The molecule has 32 heavy (non-hydrogen) atoms. The van der Waals surface area contributed by atoms with Crippen LogP contribution in [0.2, 0.25) is 0 Å². The van der Waals surface area contributed by atoms with Crippen LogP contribution in [0.25, 0.3) is 34.0 Å². The zero-order chi connectivity index (χ0) is 22.1. The van der Waals surface area contributed by atoms with Crippen molar-refractivity contribution in [3.05, 3.63) is 91.1 Å². The van der Waals surface area contributed by atoms with Gasteiger partial charge in [0.15, 0.2) is 0 Å². The number of hydrogen-bond acceptors (Lipinski definition) is 4. The van der Waals surface area contributed by atoms with Gasteiger partial charge >= 0.3 is 0 Å². The van der Waals surface area contributed by atoms with E-state index in [1.807, 2.05) is 92.6 Å². The van der Waals surface area contributed by atoms with Gasteiger partial charge in [-0.05, 0) is 43.3 Å². The minimum Gasteiger partial charge on any atom is -0.457 e. The van der Waals surface area contributed by atoms with Gasteiger partial charge in [0.25, 0.3) is 0 Å². The van der Waals surface area contributed by atoms with Crippen molar-refractivity contribution in [2.45, 2.75) is 6.92 Å². The summed E-state index contributed by atoms with van der Waals surface area (Å²) >= 11 is 0. The number of pyridine rings is 1. The van der Waals surface area contributed by atoms with Crippen LogP contribution in [-0.4, -0.2) is 24.1 Å². The number of hydrogen-bond donors (Lipinski definition) is 0. The summed E-state index contributed by atoms with van der Waals surface area (Å²) in [6.45, 7) is 2.02. The van der Waals surface area contributed by atoms with Crippen LogP contribution in [0.1, 0.15) is 5.69 Å². The van der Waals surface area contributed by atoms with Crippen LogP contribution in [0.3, 0.4) is 0 Å². The molecule has 0 N–H and O–H groups in total. The third kappa shape index (κ3) is 3.67. The van der Waals surface area contributed by atoms with Crippen LogP contribution in [-0.2, 0) is 14.1 Å². The maximum absolute atomic E-state index is 6.20. The highest BCUT2D eigenvalue weighted by atomic mass is 16.5. The van der Waals surface area contributed by atoms with Crippen LogP contribution >= 0.6 is 0 Å². The molecule has 0 bridgehead atoms. The minimum absolute atomic E-state index is 0.753. The molecule has 0 spiro atoms. The number of imidazole rings is 2. The highest BCUT2D eigenvalue weighted by Crippen LogP contribution is 2.32. The van der Waals surface area contributed by atoms with Crippen molar-refractivity contribution in [2.24, 2.45) is 14.1 Å². The molecule has 0 aliphatic rings. The molecule has 0 fully saturated rings. The molecule has 0 saturated carbocycles. The molecule has 5 aromatic rings. The summed E-state index contributed by atoms with van der Waals surface area (Å²) in [7, 11) is 4.01. The quantitative estimate of drug-likeness (QED) is 0.368. The van der Waals surface area contributed by atoms with E-state index in [4.69, 9.17) is 9.72 Å². The van der Waals surface area contributed by atoms with Gasteiger partial charge in [-0.1, -0.05) is 24.3 Å². The first-order valence-electron chi connectivity index (χ1n) is 10.4. The number of aryl methyl sites for hydroxylation is 2. The molecular formula is C26H23N5O. The number of nitrogens with zero attached hydrogens (tertiary/aromatic N) is 5. The lowest BCUT2D eigenvalue weighted by Gasteiger charge is -2.10. The molecule has 0 atom stereocenters. The molecule has 3 aromatic heterocycles. The van der Waals surface area contributed by atoms with Crippen molar-refractivity contribution in [3.63, 3.8) is 0 Å². The SMILES string of the molecule is Cc1nc(-c2cccc(Oc3cccc(-c4nccn4C)c3)c2)n(C)c1-c1cccnc1. The van der Waals surface area contributed by atoms with Gasteiger partial charge in [-0.25, -0.2) is 9.97 Å². The molecule has 3 heterocycles. The number of benzene rings is 2. The van der Waals surface area contributed by atoms with Crippen molar-refractivity contribution in [1.82, 2.24) is 24.1 Å². The second kappa shape index (κ2) is 8.15. The van der Waals surface area contributed by atoms with Crippen molar-refractivity contribution in [1.29, 1.82) is 0 Å². The standard InChI is InChI=1S/C26H23N5O/c1-18-24(21-9-6-12-27-17-21)31(3)26(29-18)20-8-5-11-23(16-20)32-22-10-4-7-19(15-22)25-28-13-14-30(25)2/h4-17H,1-3H3. The average Bonchev–Trinajstić information content (AvgIpc) is 3.37. The summed E-state index contributed by atoms with van der Waals surface area (Å²) in [4.78, 5) is 13.5. The van der Waals surface area contributed by atoms with Crippen molar-refractivity contribution in [3.8, 4) is 45.5 Å². The van der Waals surface area contributed by atoms with Gasteiger partial charge < -0.3 is 13.9 Å². The number of aromatic nitrogens is 5. The Balaban J connectivity index is 1.46. The third-order valence-corrected chi connectivity index (χ3v) is 5.45. The minimum atomic E-state index is 0.753. The Morgan fingerprint density at radius 1 is 0.781 bits per heavy atom. The first-order valence-corrected chi connectivity index (χ1v) is 10.4. The average molecular weight is 422 g/mol. The van der Waals surface area contributed by atoms with Gasteiger partial charge in [0.2, 0.25) is 0 Å². The fourth-order valence-corrected chi connectivity index (χ4v) is 3.98. The normalized spacial score (nSPS) is 11.0. The summed E-state index contributed by atoms with van der Waals surface area (Å²) in [6, 6.07) is 20.0. The second-order valence-corrected chi connectivity index (χ2v) is 7.69. The van der Waals surface area contributed by atoms with Gasteiger partial charge in [-0.2, -0.15) is 0 Å². The van der Waals surface area contributed by atoms with E-state index < -0.39 is 0 Å². The monoisotopic (exact) mass is 421 g/mol. The molecule has 0 saturated heterocycles. The van der Waals surface area contributed by atoms with E-state index in [0.29, 0.717) is 0 Å². The fraction of sp³-hybridized carbons (Fsp3) is 0.115. The van der Waals surface area contributed by atoms with Crippen molar-refractivity contribution >= 4 is 0 Å². The number of rotatable bonds is 5. The van der Waals surface area contributed by atoms with Crippen LogP contribution in [0.4, 0.5) is 0 Å². The van der Waals surface area contributed by atoms with Crippen LogP contribution < -0.4 is 4.74 Å². The summed E-state index contributed by atoms with van der Waals surface area (Å²) in [5.41, 5.74) is 5.06. The molecule has 0 unspecified atom stereocenters. The van der Waals surface area contributed by atoms with E-state index in [-0.39, 0.29) is 0 Å². The van der Waals surface area contributed by atoms with E-state index in [1.165, 1.54) is 0 Å². The van der Waals surface area contributed by atoms with Crippen LogP contribution in [0.5, 0.6) is 11.5 Å². The molecule has 0 radical (unpaired) electrons. The van der Waals surface area contributed by atoms with E-state index in [9.17, 15) is 0 Å². The Kier molecular flexibility index (Phi) is 5.03. The summed E-state index contributed by atoms with van der Waals surface area (Å²) < 4.78 is 10.3. The zero-order valence-electron chi connectivity index (χ0n) is 18.2. The predicted octanol–water partition coefficient (Wildman–Crippen LogP) is 5.65. The van der Waals surface area contributed by atoms with Gasteiger partial charge in [0, 0.05) is 55.6 Å². The molecule has 0 aliphatic carbocycles.